The molecule has 3 aromatic heterocycles. The van der Waals surface area contributed by atoms with E-state index in [4.69, 9.17) is 4.42 Å². The zero-order chi connectivity index (χ0) is 26.9. The summed E-state index contributed by atoms with van der Waals surface area (Å²) < 4.78 is 59.7. The number of nitrogens with zero attached hydrogens (tertiary/aromatic N) is 5. The summed E-state index contributed by atoms with van der Waals surface area (Å²) in [5, 5.41) is 8.48. The van der Waals surface area contributed by atoms with Gasteiger partial charge in [-0.2, -0.15) is 10.2 Å². The van der Waals surface area contributed by atoms with E-state index in [1.807, 2.05) is 20.8 Å². The normalized spacial score (nSPS) is 12.8. The van der Waals surface area contributed by atoms with E-state index in [0.717, 1.165) is 11.8 Å². The second-order valence-corrected chi connectivity index (χ2v) is 10.8. The fourth-order valence-electron chi connectivity index (χ4n) is 3.81. The van der Waals surface area contributed by atoms with Crippen LogP contribution in [0.3, 0.4) is 0 Å². The van der Waals surface area contributed by atoms with Gasteiger partial charge >= 0.3 is 0 Å². The number of nitrogens with one attached hydrogen (secondary N) is 1. The maximum absolute atomic E-state index is 14.4. The van der Waals surface area contributed by atoms with Crippen LogP contribution in [0.5, 0.6) is 0 Å². The van der Waals surface area contributed by atoms with E-state index in [0.29, 0.717) is 28.5 Å². The van der Waals surface area contributed by atoms with Crippen molar-refractivity contribution in [2.75, 3.05) is 6.26 Å². The molecule has 37 heavy (non-hydrogen) atoms. The predicted octanol–water partition coefficient (Wildman–Crippen LogP) is 4.50. The number of sulfonamides is 1. The molecule has 194 valence electrons. The maximum atomic E-state index is 14.4. The third-order valence-corrected chi connectivity index (χ3v) is 6.48. The third-order valence-electron chi connectivity index (χ3n) is 5.81. The smallest absolute Gasteiger partial charge is 0.247 e. The van der Waals surface area contributed by atoms with Crippen molar-refractivity contribution < 1.29 is 21.6 Å². The van der Waals surface area contributed by atoms with Gasteiger partial charge in [0, 0.05) is 12.1 Å². The lowest BCUT2D eigenvalue weighted by Gasteiger charge is -2.18. The van der Waals surface area contributed by atoms with E-state index >= 15 is 0 Å². The molecule has 4 aromatic rings. The molecule has 0 radical (unpaired) electrons. The minimum Gasteiger partial charge on any atom is -0.440 e. The summed E-state index contributed by atoms with van der Waals surface area (Å²) in [7, 11) is -3.39. The van der Waals surface area contributed by atoms with Crippen LogP contribution in [0.2, 0.25) is 0 Å². The SMILES string of the molecule is Cc1oc(-c2cncc(C(C)c3nnc(-c4c(F)cccc4F)cc3C(C)C)n2)nc1CNS(C)(=O)=O. The van der Waals surface area contributed by atoms with Gasteiger partial charge in [-0.1, -0.05) is 26.8 Å². The molecule has 4 rings (SSSR count). The van der Waals surface area contributed by atoms with Gasteiger partial charge in [-0.3, -0.25) is 4.98 Å². The summed E-state index contributed by atoms with van der Waals surface area (Å²) in [5.41, 5.74) is 2.62. The number of halogens is 2. The Morgan fingerprint density at radius 2 is 1.73 bits per heavy atom. The molecule has 1 atom stereocenters. The van der Waals surface area contributed by atoms with Crippen molar-refractivity contribution in [3.63, 3.8) is 0 Å². The molecule has 0 spiro atoms. The minimum absolute atomic E-state index is 0.0139. The molecule has 0 fully saturated rings. The Bertz CT molecular complexity index is 1540. The van der Waals surface area contributed by atoms with Gasteiger partial charge in [0.15, 0.2) is 0 Å². The molecule has 1 aromatic carbocycles. The zero-order valence-corrected chi connectivity index (χ0v) is 21.8. The highest BCUT2D eigenvalue weighted by Crippen LogP contribution is 2.33. The molecule has 1 unspecified atom stereocenters. The topological polar surface area (TPSA) is 124 Å². The molecule has 0 aliphatic rings. The van der Waals surface area contributed by atoms with Gasteiger partial charge in [-0.05, 0) is 36.6 Å². The Kier molecular flexibility index (Phi) is 7.42. The Morgan fingerprint density at radius 3 is 2.38 bits per heavy atom. The van der Waals surface area contributed by atoms with Crippen molar-refractivity contribution in [3.05, 3.63) is 76.7 Å². The van der Waals surface area contributed by atoms with Crippen molar-refractivity contribution in [1.82, 2.24) is 29.9 Å². The van der Waals surface area contributed by atoms with E-state index in [1.165, 1.54) is 24.4 Å². The average Bonchev–Trinajstić information content (AvgIpc) is 3.22. The first-order valence-corrected chi connectivity index (χ1v) is 13.4. The second-order valence-electron chi connectivity index (χ2n) is 8.99. The number of hydrogen-bond acceptors (Lipinski definition) is 8. The summed E-state index contributed by atoms with van der Waals surface area (Å²) >= 11 is 0. The van der Waals surface area contributed by atoms with Crippen LogP contribution < -0.4 is 4.72 Å². The number of aryl methyl sites for hydroxylation is 1. The number of benzene rings is 1. The summed E-state index contributed by atoms with van der Waals surface area (Å²) in [5.74, 6) is -1.15. The fraction of sp³-hybridized carbons (Fsp3) is 0.320. The van der Waals surface area contributed by atoms with Gasteiger partial charge in [-0.15, -0.1) is 0 Å². The van der Waals surface area contributed by atoms with Gasteiger partial charge in [0.25, 0.3) is 0 Å². The second kappa shape index (κ2) is 10.4. The van der Waals surface area contributed by atoms with Crippen molar-refractivity contribution >= 4 is 10.0 Å². The van der Waals surface area contributed by atoms with Crippen LogP contribution in [-0.2, 0) is 16.6 Å². The van der Waals surface area contributed by atoms with Crippen molar-refractivity contribution in [2.45, 2.75) is 46.1 Å². The molecule has 1 N–H and O–H groups in total. The van der Waals surface area contributed by atoms with Gasteiger partial charge in [0.1, 0.15) is 23.1 Å². The molecule has 0 saturated carbocycles. The van der Waals surface area contributed by atoms with Crippen LogP contribution in [0, 0.1) is 18.6 Å². The van der Waals surface area contributed by atoms with Crippen LogP contribution in [0.25, 0.3) is 22.8 Å². The summed E-state index contributed by atoms with van der Waals surface area (Å²) in [4.78, 5) is 13.3. The number of rotatable bonds is 8. The summed E-state index contributed by atoms with van der Waals surface area (Å²) in [6.45, 7) is 7.46. The van der Waals surface area contributed by atoms with Crippen LogP contribution >= 0.6 is 0 Å². The largest absolute Gasteiger partial charge is 0.440 e. The van der Waals surface area contributed by atoms with E-state index in [-0.39, 0.29) is 35.5 Å². The lowest BCUT2D eigenvalue weighted by Crippen LogP contribution is -2.21. The first-order chi connectivity index (χ1) is 17.4. The van der Waals surface area contributed by atoms with Crippen molar-refractivity contribution in [2.24, 2.45) is 0 Å². The number of hydrogen-bond donors (Lipinski definition) is 1. The van der Waals surface area contributed by atoms with Gasteiger partial charge in [0.05, 0.1) is 47.3 Å². The average molecular weight is 529 g/mol. The molecule has 9 nitrogen and oxygen atoms in total. The molecular formula is C25H26F2N6O3S. The molecule has 0 aliphatic heterocycles. The summed E-state index contributed by atoms with van der Waals surface area (Å²) in [6.07, 6.45) is 4.15. The highest BCUT2D eigenvalue weighted by molar-refractivity contribution is 7.88. The minimum atomic E-state index is -3.39. The third kappa shape index (κ3) is 5.86. The molecule has 3 heterocycles. The molecule has 0 amide bonds. The maximum Gasteiger partial charge on any atom is 0.247 e. The lowest BCUT2D eigenvalue weighted by atomic mass is 9.92. The van der Waals surface area contributed by atoms with Gasteiger partial charge < -0.3 is 4.42 Å². The predicted molar refractivity (Wildman–Crippen MR) is 133 cm³/mol. The first-order valence-electron chi connectivity index (χ1n) is 11.5. The van der Waals surface area contributed by atoms with E-state index in [9.17, 15) is 17.2 Å². The van der Waals surface area contributed by atoms with Crippen LogP contribution in [0.4, 0.5) is 8.78 Å². The van der Waals surface area contributed by atoms with Crippen LogP contribution in [0.15, 0.2) is 41.1 Å². The Labute approximate surface area is 213 Å². The highest BCUT2D eigenvalue weighted by Gasteiger charge is 2.23. The standard InChI is InChI=1S/C25H26F2N6O3S/c1-13(2)16-9-19(23-17(26)7-6-8-18(23)27)32-33-24(16)14(3)20-10-28-11-22(30-20)25-31-21(15(4)36-25)12-29-37(5,34)35/h6-11,13-14,29H,12H2,1-5H3. The van der Waals surface area contributed by atoms with Gasteiger partial charge in [0.2, 0.25) is 15.9 Å². The highest BCUT2D eigenvalue weighted by atomic mass is 32.2. The molecule has 12 heteroatoms. The lowest BCUT2D eigenvalue weighted by molar-refractivity contribution is 0.535. The zero-order valence-electron chi connectivity index (χ0n) is 21.0. The van der Waals surface area contributed by atoms with E-state index in [1.54, 1.807) is 19.2 Å². The molecular weight excluding hydrogens is 502 g/mol. The van der Waals surface area contributed by atoms with Gasteiger partial charge in [-0.25, -0.2) is 31.9 Å². The van der Waals surface area contributed by atoms with E-state index < -0.39 is 21.7 Å². The van der Waals surface area contributed by atoms with E-state index in [2.05, 4.69) is 29.9 Å². The Balaban J connectivity index is 1.68. The fourth-order valence-corrected chi connectivity index (χ4v) is 4.21. The number of aromatic nitrogens is 5. The first kappa shape index (κ1) is 26.4. The number of oxazole rings is 1. The van der Waals surface area contributed by atoms with Crippen molar-refractivity contribution in [1.29, 1.82) is 0 Å². The molecule has 0 bridgehead atoms. The van der Waals surface area contributed by atoms with Crippen LogP contribution in [0.1, 0.15) is 61.0 Å². The Hall–Kier alpha value is -3.64. The molecule has 0 aliphatic carbocycles. The quantitative estimate of drug-likeness (QED) is 0.355. The monoisotopic (exact) mass is 528 g/mol. The van der Waals surface area contributed by atoms with Crippen molar-refractivity contribution in [3.8, 4) is 22.8 Å². The summed E-state index contributed by atoms with van der Waals surface area (Å²) in [6, 6.07) is 5.31. The van der Waals surface area contributed by atoms with Crippen LogP contribution in [-0.4, -0.2) is 39.8 Å². The Morgan fingerprint density at radius 1 is 1.03 bits per heavy atom. The molecule has 0 saturated heterocycles.